The van der Waals surface area contributed by atoms with Crippen molar-refractivity contribution in [3.8, 4) is 6.07 Å². The predicted molar refractivity (Wildman–Crippen MR) is 83.7 cm³/mol. The van der Waals surface area contributed by atoms with Crippen LogP contribution >= 0.6 is 0 Å². The summed E-state index contributed by atoms with van der Waals surface area (Å²) in [5.74, 6) is -0.437. The molecule has 1 aromatic heterocycles. The molecule has 0 fully saturated rings. The normalized spacial score (nSPS) is 17.3. The Bertz CT molecular complexity index is 666. The molecule has 0 spiro atoms. The van der Waals surface area contributed by atoms with E-state index in [0.29, 0.717) is 6.54 Å². The molecule has 0 saturated heterocycles. The molecule has 0 radical (unpaired) electrons. The molecule has 2 heterocycles. The molecule has 3 rings (SSSR count). The Morgan fingerprint density at radius 1 is 1.18 bits per heavy atom. The first kappa shape index (κ1) is 14.7. The molecule has 1 aliphatic rings. The molecule has 22 heavy (non-hydrogen) atoms. The van der Waals surface area contributed by atoms with E-state index in [1.54, 1.807) is 24.5 Å². The fraction of sp³-hybridized carbons (Fsp3) is 0.333. The Kier molecular flexibility index (Phi) is 4.47. The van der Waals surface area contributed by atoms with Crippen molar-refractivity contribution < 1.29 is 5.11 Å². The maximum absolute atomic E-state index is 10.4. The molecule has 2 atom stereocenters. The lowest BCUT2D eigenvalue weighted by Crippen LogP contribution is -2.36. The van der Waals surface area contributed by atoms with E-state index < -0.39 is 12.0 Å². The lowest BCUT2D eigenvalue weighted by atomic mass is 9.94. The zero-order chi connectivity index (χ0) is 15.4. The van der Waals surface area contributed by atoms with Gasteiger partial charge < -0.3 is 5.11 Å². The van der Waals surface area contributed by atoms with Crippen LogP contribution in [0.3, 0.4) is 0 Å². The third-order valence-corrected chi connectivity index (χ3v) is 4.26. The van der Waals surface area contributed by atoms with E-state index in [-0.39, 0.29) is 0 Å². The molecule has 2 aromatic rings. The van der Waals surface area contributed by atoms with E-state index in [9.17, 15) is 10.4 Å². The first-order chi connectivity index (χ1) is 10.8. The molecular formula is C18H19N3O. The first-order valence-electron chi connectivity index (χ1n) is 7.54. The molecule has 0 amide bonds. The molecule has 1 aromatic carbocycles. The van der Waals surface area contributed by atoms with Crippen molar-refractivity contribution in [1.29, 1.82) is 5.26 Å². The van der Waals surface area contributed by atoms with Crippen molar-refractivity contribution in [3.05, 3.63) is 65.5 Å². The minimum Gasteiger partial charge on any atom is -0.387 e. The van der Waals surface area contributed by atoms with E-state index in [2.05, 4.69) is 40.2 Å². The number of hydrogen-bond donors (Lipinski definition) is 1. The zero-order valence-electron chi connectivity index (χ0n) is 12.4. The highest BCUT2D eigenvalue weighted by atomic mass is 16.3. The Labute approximate surface area is 130 Å². The third-order valence-electron chi connectivity index (χ3n) is 4.26. The number of hydrogen-bond acceptors (Lipinski definition) is 4. The van der Waals surface area contributed by atoms with Crippen molar-refractivity contribution in [2.24, 2.45) is 5.92 Å². The Morgan fingerprint density at radius 2 is 1.91 bits per heavy atom. The van der Waals surface area contributed by atoms with Crippen molar-refractivity contribution in [2.45, 2.75) is 19.1 Å². The average Bonchev–Trinajstić information content (AvgIpc) is 2.59. The summed E-state index contributed by atoms with van der Waals surface area (Å²) in [4.78, 5) is 6.20. The number of rotatable bonds is 4. The van der Waals surface area contributed by atoms with Crippen LogP contribution in [0.2, 0.25) is 0 Å². The lowest BCUT2D eigenvalue weighted by molar-refractivity contribution is 0.101. The Morgan fingerprint density at radius 3 is 2.64 bits per heavy atom. The summed E-state index contributed by atoms with van der Waals surface area (Å²) in [5.41, 5.74) is 3.46. The molecule has 0 bridgehead atoms. The molecule has 112 valence electrons. The second-order valence-corrected chi connectivity index (χ2v) is 5.71. The average molecular weight is 293 g/mol. The van der Waals surface area contributed by atoms with Crippen LogP contribution in [0.15, 0.2) is 48.8 Å². The molecule has 4 heteroatoms. The summed E-state index contributed by atoms with van der Waals surface area (Å²) in [5, 5.41) is 19.9. The minimum atomic E-state index is -0.773. The Hall–Kier alpha value is -2.22. The highest BCUT2D eigenvalue weighted by molar-refractivity contribution is 5.29. The van der Waals surface area contributed by atoms with Gasteiger partial charge in [0.1, 0.15) is 0 Å². The maximum atomic E-state index is 10.4. The lowest BCUT2D eigenvalue weighted by Gasteiger charge is -2.31. The van der Waals surface area contributed by atoms with Gasteiger partial charge in [0.25, 0.3) is 0 Å². The summed E-state index contributed by atoms with van der Waals surface area (Å²) < 4.78 is 0. The fourth-order valence-electron chi connectivity index (χ4n) is 2.99. The number of aliphatic hydroxyl groups excluding tert-OH is 1. The molecule has 0 aliphatic carbocycles. The van der Waals surface area contributed by atoms with Crippen LogP contribution in [-0.2, 0) is 13.0 Å². The standard InChI is InChI=1S/C18H19N3O/c19-11-17(18(22)15-5-8-20-9-6-15)13-21-10-7-14-3-1-2-4-16(14)12-21/h1-6,8-9,17-18,22H,7,10,12-13H2/t17-,18-/m1/s1. The number of aromatic nitrogens is 1. The van der Waals surface area contributed by atoms with Crippen LogP contribution < -0.4 is 0 Å². The van der Waals surface area contributed by atoms with Gasteiger partial charge >= 0.3 is 0 Å². The quantitative estimate of drug-likeness (QED) is 0.939. The molecule has 0 unspecified atom stereocenters. The first-order valence-corrected chi connectivity index (χ1v) is 7.54. The molecule has 4 nitrogen and oxygen atoms in total. The van der Waals surface area contributed by atoms with Gasteiger partial charge in [0.05, 0.1) is 18.1 Å². The number of nitriles is 1. The van der Waals surface area contributed by atoms with Crippen LogP contribution in [0.25, 0.3) is 0 Å². The number of fused-ring (bicyclic) bond motifs is 1. The third kappa shape index (κ3) is 3.16. The van der Waals surface area contributed by atoms with Crippen LogP contribution in [0, 0.1) is 17.2 Å². The van der Waals surface area contributed by atoms with Gasteiger partial charge in [-0.15, -0.1) is 0 Å². The minimum absolute atomic E-state index is 0.437. The Balaban J connectivity index is 1.68. The zero-order valence-corrected chi connectivity index (χ0v) is 12.4. The molecule has 1 aliphatic heterocycles. The maximum Gasteiger partial charge on any atom is 0.0961 e. The van der Waals surface area contributed by atoms with E-state index in [0.717, 1.165) is 25.1 Å². The number of pyridine rings is 1. The van der Waals surface area contributed by atoms with E-state index in [4.69, 9.17) is 0 Å². The summed E-state index contributed by atoms with van der Waals surface area (Å²) >= 11 is 0. The van der Waals surface area contributed by atoms with Gasteiger partial charge in [-0.3, -0.25) is 9.88 Å². The van der Waals surface area contributed by atoms with Crippen LogP contribution in [0.5, 0.6) is 0 Å². The van der Waals surface area contributed by atoms with Crippen LogP contribution in [-0.4, -0.2) is 28.1 Å². The largest absolute Gasteiger partial charge is 0.387 e. The van der Waals surface area contributed by atoms with E-state index >= 15 is 0 Å². The van der Waals surface area contributed by atoms with Gasteiger partial charge in [-0.1, -0.05) is 24.3 Å². The number of nitrogens with zero attached hydrogens (tertiary/aromatic N) is 3. The molecule has 0 saturated carbocycles. The van der Waals surface area contributed by atoms with Crippen molar-refractivity contribution in [1.82, 2.24) is 9.88 Å². The van der Waals surface area contributed by atoms with Crippen molar-refractivity contribution in [2.75, 3.05) is 13.1 Å². The van der Waals surface area contributed by atoms with Gasteiger partial charge in [-0.2, -0.15) is 5.26 Å². The summed E-state index contributed by atoms with van der Waals surface area (Å²) in [6.45, 7) is 2.35. The molecular weight excluding hydrogens is 274 g/mol. The second kappa shape index (κ2) is 6.69. The number of aliphatic hydroxyl groups is 1. The summed E-state index contributed by atoms with van der Waals surface area (Å²) in [6.07, 6.45) is 3.51. The van der Waals surface area contributed by atoms with Gasteiger partial charge in [-0.05, 0) is 35.2 Å². The highest BCUT2D eigenvalue weighted by Gasteiger charge is 2.25. The SMILES string of the molecule is N#C[C@H](CN1CCc2ccccc2C1)[C@H](O)c1ccncc1. The summed E-state index contributed by atoms with van der Waals surface area (Å²) in [6, 6.07) is 14.2. The highest BCUT2D eigenvalue weighted by Crippen LogP contribution is 2.25. The van der Waals surface area contributed by atoms with Gasteiger partial charge in [0.2, 0.25) is 0 Å². The smallest absolute Gasteiger partial charge is 0.0961 e. The van der Waals surface area contributed by atoms with Crippen molar-refractivity contribution >= 4 is 0 Å². The summed E-state index contributed by atoms with van der Waals surface area (Å²) in [7, 11) is 0. The fourth-order valence-corrected chi connectivity index (χ4v) is 2.99. The van der Waals surface area contributed by atoms with Crippen molar-refractivity contribution in [3.63, 3.8) is 0 Å². The van der Waals surface area contributed by atoms with Crippen LogP contribution in [0.1, 0.15) is 22.8 Å². The molecule has 1 N–H and O–H groups in total. The van der Waals surface area contributed by atoms with Crippen LogP contribution in [0.4, 0.5) is 0 Å². The van der Waals surface area contributed by atoms with E-state index in [1.165, 1.54) is 11.1 Å². The monoisotopic (exact) mass is 293 g/mol. The van der Waals surface area contributed by atoms with Gasteiger partial charge in [-0.25, -0.2) is 0 Å². The predicted octanol–water partition coefficient (Wildman–Crippen LogP) is 2.31. The van der Waals surface area contributed by atoms with E-state index in [1.807, 2.05) is 0 Å². The second-order valence-electron chi connectivity index (χ2n) is 5.71. The van der Waals surface area contributed by atoms with Gasteiger partial charge in [0.15, 0.2) is 0 Å². The topological polar surface area (TPSA) is 60.2 Å². The number of benzene rings is 1. The van der Waals surface area contributed by atoms with Gasteiger partial charge in [0, 0.05) is 32.0 Å².